The number of hydrogen-bond donors (Lipinski definition) is 5. The summed E-state index contributed by atoms with van der Waals surface area (Å²) in [5, 5.41) is 33.0. The second kappa shape index (κ2) is 17.8. The van der Waals surface area contributed by atoms with Crippen LogP contribution in [0.25, 0.3) is 0 Å². The maximum atomic E-state index is 11.2. The molecular weight excluding hydrogens is 578 g/mol. The van der Waals surface area contributed by atoms with Crippen molar-refractivity contribution in [3.8, 4) is 17.2 Å². The largest absolute Gasteiger partial charge is 0.507 e. The third kappa shape index (κ3) is 9.61. The number of nitrogens with one attached hydrogen (secondary N) is 3. The molecule has 4 atom stereocenters. The Labute approximate surface area is 275 Å². The lowest BCUT2D eigenvalue weighted by Crippen LogP contribution is -2.51. The lowest BCUT2D eigenvalue weighted by molar-refractivity contribution is 0.162. The quantitative estimate of drug-likeness (QED) is 0.118. The number of benzene rings is 2. The summed E-state index contributed by atoms with van der Waals surface area (Å²) < 4.78 is 17.6. The highest BCUT2D eigenvalue weighted by Crippen LogP contribution is 2.34. The lowest BCUT2D eigenvalue weighted by Gasteiger charge is -2.38. The van der Waals surface area contributed by atoms with Gasteiger partial charge < -0.3 is 35.1 Å². The van der Waals surface area contributed by atoms with Crippen LogP contribution in [0.2, 0.25) is 0 Å². The summed E-state index contributed by atoms with van der Waals surface area (Å²) in [4.78, 5) is 0. The molecule has 2 aromatic carbocycles. The molecule has 0 aromatic heterocycles. The van der Waals surface area contributed by atoms with Crippen molar-refractivity contribution in [2.24, 2.45) is 11.8 Å². The molecule has 8 nitrogen and oxygen atoms in total. The van der Waals surface area contributed by atoms with Crippen LogP contribution in [-0.4, -0.2) is 30.5 Å². The zero-order valence-corrected chi connectivity index (χ0v) is 28.4. The molecule has 1 fully saturated rings. The first-order valence-corrected chi connectivity index (χ1v) is 17.2. The van der Waals surface area contributed by atoms with Gasteiger partial charge in [-0.05, 0) is 60.6 Å². The fraction of sp³-hybridized carbons (Fsp3) is 0.526. The molecule has 1 saturated heterocycles. The predicted molar refractivity (Wildman–Crippen MR) is 184 cm³/mol. The molecule has 0 bridgehead atoms. The fourth-order valence-corrected chi connectivity index (χ4v) is 5.90. The first-order valence-electron chi connectivity index (χ1n) is 17.2. The number of rotatable bonds is 17. The minimum Gasteiger partial charge on any atom is -0.507 e. The second-order valence-electron chi connectivity index (χ2n) is 12.5. The topological polar surface area (TPSA) is 104 Å². The van der Waals surface area contributed by atoms with Crippen molar-refractivity contribution in [2.45, 2.75) is 97.8 Å². The average Bonchev–Trinajstić information content (AvgIpc) is 3.08. The molecule has 0 radical (unpaired) electrons. The van der Waals surface area contributed by atoms with E-state index < -0.39 is 6.17 Å². The second-order valence-corrected chi connectivity index (χ2v) is 12.5. The van der Waals surface area contributed by atoms with E-state index >= 15 is 0 Å². The van der Waals surface area contributed by atoms with Crippen molar-refractivity contribution in [1.29, 1.82) is 0 Å². The molecule has 252 valence electrons. The summed E-state index contributed by atoms with van der Waals surface area (Å²) in [5.41, 5.74) is 2.39. The summed E-state index contributed by atoms with van der Waals surface area (Å²) >= 11 is 0. The standard InChI is InChI=1S/C38H55N3O5/c1-6-10-12-26(8-3)24-45-30-18-20-32(34(42)22-30)37-39-36(28-14-16-29(44-5)17-15-28)40-38(41-37)33-21-19-31(23-35(33)43)46-25-27(9-4)13-11-7-2/h14-20,22-23,26-27,36-37,39-43H,6-13,21,24-25H2,1-5H3/b38-33+. The van der Waals surface area contributed by atoms with Gasteiger partial charge in [0, 0.05) is 29.7 Å². The highest BCUT2D eigenvalue weighted by Gasteiger charge is 2.30. The smallest absolute Gasteiger partial charge is 0.126 e. The molecule has 4 unspecified atom stereocenters. The van der Waals surface area contributed by atoms with Gasteiger partial charge in [0.25, 0.3) is 0 Å². The first-order chi connectivity index (χ1) is 22.4. The third-order valence-electron chi connectivity index (χ3n) is 9.13. The van der Waals surface area contributed by atoms with E-state index in [1.54, 1.807) is 19.3 Å². The number of aromatic hydroxyl groups is 1. The Morgan fingerprint density at radius 1 is 0.804 bits per heavy atom. The molecule has 46 heavy (non-hydrogen) atoms. The number of phenols is 1. The van der Waals surface area contributed by atoms with E-state index in [1.165, 1.54) is 25.7 Å². The molecule has 0 amide bonds. The van der Waals surface area contributed by atoms with E-state index in [9.17, 15) is 10.2 Å². The van der Waals surface area contributed by atoms with Gasteiger partial charge in [0.05, 0.1) is 20.3 Å². The molecule has 2 aromatic rings. The van der Waals surface area contributed by atoms with Gasteiger partial charge in [-0.3, -0.25) is 5.32 Å². The summed E-state index contributed by atoms with van der Waals surface area (Å²) in [6, 6.07) is 13.3. The van der Waals surface area contributed by atoms with Crippen LogP contribution >= 0.6 is 0 Å². The third-order valence-corrected chi connectivity index (χ3v) is 9.13. The van der Waals surface area contributed by atoms with Crippen molar-refractivity contribution < 1.29 is 24.4 Å². The van der Waals surface area contributed by atoms with E-state index in [4.69, 9.17) is 14.2 Å². The molecule has 1 heterocycles. The molecule has 5 N–H and O–H groups in total. The Hall–Kier alpha value is -3.78. The monoisotopic (exact) mass is 633 g/mol. The molecule has 4 rings (SSSR count). The van der Waals surface area contributed by atoms with Gasteiger partial charge in [-0.15, -0.1) is 0 Å². The molecule has 1 aliphatic carbocycles. The van der Waals surface area contributed by atoms with Gasteiger partial charge in [-0.2, -0.15) is 0 Å². The SMILES string of the molecule is CCCCC(CC)COC1=CC/C(=C2/NC(c3ccc(OC)cc3)NC(c3ccc(OCC(CC)CCCC)cc3O)N2)C(O)=C1. The number of hydrogen-bond acceptors (Lipinski definition) is 8. The van der Waals surface area contributed by atoms with Crippen molar-refractivity contribution >= 4 is 0 Å². The van der Waals surface area contributed by atoms with Crippen LogP contribution in [0.1, 0.15) is 109 Å². The highest BCUT2D eigenvalue weighted by atomic mass is 16.5. The van der Waals surface area contributed by atoms with Crippen molar-refractivity contribution in [3.63, 3.8) is 0 Å². The summed E-state index contributed by atoms with van der Waals surface area (Å²) in [5.74, 6) is 4.10. The molecule has 1 aliphatic heterocycles. The van der Waals surface area contributed by atoms with Crippen molar-refractivity contribution in [3.05, 3.63) is 88.7 Å². The Balaban J connectivity index is 1.54. The van der Waals surface area contributed by atoms with Crippen molar-refractivity contribution in [2.75, 3.05) is 20.3 Å². The maximum Gasteiger partial charge on any atom is 0.126 e. The average molecular weight is 634 g/mol. The van der Waals surface area contributed by atoms with Gasteiger partial charge in [0.15, 0.2) is 0 Å². The van der Waals surface area contributed by atoms with Crippen LogP contribution in [0, 0.1) is 11.8 Å². The van der Waals surface area contributed by atoms with Crippen LogP contribution in [0.15, 0.2) is 77.5 Å². The summed E-state index contributed by atoms with van der Waals surface area (Å²) in [7, 11) is 1.65. The van der Waals surface area contributed by atoms with Crippen LogP contribution in [0.3, 0.4) is 0 Å². The summed E-state index contributed by atoms with van der Waals surface area (Å²) in [6.45, 7) is 10.1. The Morgan fingerprint density at radius 3 is 2.02 bits per heavy atom. The van der Waals surface area contributed by atoms with Gasteiger partial charge in [-0.25, -0.2) is 0 Å². The first kappa shape index (κ1) is 35.1. The predicted octanol–water partition coefficient (Wildman–Crippen LogP) is 8.65. The molecule has 8 heteroatoms. The fourth-order valence-electron chi connectivity index (χ4n) is 5.90. The normalized spacial score (nSPS) is 20.9. The van der Waals surface area contributed by atoms with Gasteiger partial charge in [-0.1, -0.05) is 78.4 Å². The van der Waals surface area contributed by atoms with E-state index in [2.05, 4.69) is 43.6 Å². The lowest BCUT2D eigenvalue weighted by atomic mass is 10.00. The van der Waals surface area contributed by atoms with Crippen LogP contribution in [0.4, 0.5) is 0 Å². The van der Waals surface area contributed by atoms with E-state index in [1.807, 2.05) is 42.5 Å². The maximum absolute atomic E-state index is 11.2. The number of phenolic OH excluding ortho intramolecular Hbond substituents is 1. The van der Waals surface area contributed by atoms with E-state index in [-0.39, 0.29) is 17.7 Å². The van der Waals surface area contributed by atoms with E-state index in [0.29, 0.717) is 54.4 Å². The van der Waals surface area contributed by atoms with Crippen molar-refractivity contribution in [1.82, 2.24) is 16.0 Å². The van der Waals surface area contributed by atoms with E-state index in [0.717, 1.165) is 42.6 Å². The molecule has 0 saturated carbocycles. The minimum absolute atomic E-state index is 0.136. The van der Waals surface area contributed by atoms with Crippen LogP contribution in [-0.2, 0) is 4.74 Å². The molecular formula is C38H55N3O5. The number of methoxy groups -OCH3 is 1. The number of allylic oxidation sites excluding steroid dienone is 3. The highest BCUT2D eigenvalue weighted by molar-refractivity contribution is 5.45. The Bertz CT molecular complexity index is 1340. The Morgan fingerprint density at radius 2 is 1.43 bits per heavy atom. The number of ether oxygens (including phenoxy) is 3. The van der Waals surface area contributed by atoms with Crippen LogP contribution < -0.4 is 25.4 Å². The Kier molecular flexibility index (Phi) is 13.6. The minimum atomic E-state index is -0.448. The zero-order valence-electron chi connectivity index (χ0n) is 28.4. The number of aliphatic hydroxyl groups is 1. The molecule has 2 aliphatic rings. The van der Waals surface area contributed by atoms with Gasteiger partial charge >= 0.3 is 0 Å². The van der Waals surface area contributed by atoms with Gasteiger partial charge in [0.2, 0.25) is 0 Å². The van der Waals surface area contributed by atoms with Gasteiger partial charge in [0.1, 0.15) is 46.9 Å². The number of unbranched alkanes of at least 4 members (excludes halogenated alkanes) is 2. The number of aliphatic hydroxyl groups excluding tert-OH is 1. The molecule has 0 spiro atoms. The zero-order chi connectivity index (χ0) is 32.9. The van der Waals surface area contributed by atoms with Crippen LogP contribution in [0.5, 0.6) is 17.2 Å². The summed E-state index contributed by atoms with van der Waals surface area (Å²) in [6.07, 6.45) is 12.6.